The van der Waals surface area contributed by atoms with Crippen molar-refractivity contribution in [2.45, 2.75) is 10.6 Å². The average Bonchev–Trinajstić information content (AvgIpc) is 2.41. The third-order valence-corrected chi connectivity index (χ3v) is 5.69. The fourth-order valence-electron chi connectivity index (χ4n) is 1.80. The Morgan fingerprint density at radius 2 is 1.65 bits per heavy atom. The maximum atomic E-state index is 12.2. The van der Waals surface area contributed by atoms with E-state index in [-0.39, 0.29) is 21.4 Å². The summed E-state index contributed by atoms with van der Waals surface area (Å²) in [4.78, 5) is -0.188. The van der Waals surface area contributed by atoms with Gasteiger partial charge in [-0.3, -0.25) is 4.72 Å². The number of nitrogens with two attached hydrogens (primary N) is 1. The van der Waals surface area contributed by atoms with Crippen LogP contribution in [0.1, 0.15) is 5.56 Å². The van der Waals surface area contributed by atoms with Gasteiger partial charge in [-0.05, 0) is 35.9 Å². The quantitative estimate of drug-likeness (QED) is 0.812. The molecule has 2 aromatic rings. The van der Waals surface area contributed by atoms with Gasteiger partial charge in [0.15, 0.2) is 0 Å². The van der Waals surface area contributed by atoms with E-state index in [0.717, 1.165) is 6.07 Å². The largest absolute Gasteiger partial charge is 0.283 e. The number of rotatable bonds is 5. The van der Waals surface area contributed by atoms with Crippen molar-refractivity contribution in [3.63, 3.8) is 0 Å². The van der Waals surface area contributed by atoms with Crippen LogP contribution in [-0.2, 0) is 25.8 Å². The minimum atomic E-state index is -3.92. The molecule has 2 aromatic carbocycles. The summed E-state index contributed by atoms with van der Waals surface area (Å²) in [6, 6.07) is 9.69. The van der Waals surface area contributed by atoms with Crippen LogP contribution in [-0.4, -0.2) is 16.8 Å². The summed E-state index contributed by atoms with van der Waals surface area (Å²) < 4.78 is 49.2. The summed E-state index contributed by atoms with van der Waals surface area (Å²) in [6.07, 6.45) is 0. The standard InChI is InChI=1S/C13H12Cl2N2O4S2/c14-12-5-4-9(6-13(12)15)8-22(18,19)17-10-2-1-3-11(7-10)23(16,20)21/h1-7,17H,8H2,(H2,16,20,21). The predicted molar refractivity (Wildman–Crippen MR) is 90.5 cm³/mol. The lowest BCUT2D eigenvalue weighted by molar-refractivity contribution is 0.596. The first-order valence-electron chi connectivity index (χ1n) is 6.14. The number of hydrogen-bond acceptors (Lipinski definition) is 4. The third-order valence-electron chi connectivity index (χ3n) is 2.78. The van der Waals surface area contributed by atoms with Gasteiger partial charge in [-0.15, -0.1) is 0 Å². The van der Waals surface area contributed by atoms with E-state index in [1.165, 1.54) is 36.4 Å². The third kappa shape index (κ3) is 5.08. The van der Waals surface area contributed by atoms with E-state index in [0.29, 0.717) is 10.6 Å². The van der Waals surface area contributed by atoms with E-state index < -0.39 is 20.0 Å². The zero-order valence-electron chi connectivity index (χ0n) is 11.5. The number of anilines is 1. The highest BCUT2D eigenvalue weighted by atomic mass is 35.5. The summed E-state index contributed by atoms with van der Waals surface area (Å²) in [7, 11) is -7.68. The molecule has 0 saturated carbocycles. The number of halogens is 2. The molecule has 0 unspecified atom stereocenters. The predicted octanol–water partition coefficient (Wildman–Crippen LogP) is 2.58. The Kier molecular flexibility index (Phi) is 5.22. The monoisotopic (exact) mass is 394 g/mol. The van der Waals surface area contributed by atoms with Gasteiger partial charge in [0.05, 0.1) is 20.7 Å². The first-order valence-corrected chi connectivity index (χ1v) is 10.1. The fourth-order valence-corrected chi connectivity index (χ4v) is 3.86. The van der Waals surface area contributed by atoms with Crippen molar-refractivity contribution in [3.8, 4) is 0 Å². The van der Waals surface area contributed by atoms with E-state index in [2.05, 4.69) is 4.72 Å². The lowest BCUT2D eigenvalue weighted by atomic mass is 10.2. The van der Waals surface area contributed by atoms with Crippen molar-refractivity contribution >= 4 is 48.9 Å². The Morgan fingerprint density at radius 1 is 0.957 bits per heavy atom. The van der Waals surface area contributed by atoms with Gasteiger partial charge < -0.3 is 0 Å². The lowest BCUT2D eigenvalue weighted by Crippen LogP contribution is -2.16. The molecule has 124 valence electrons. The first-order chi connectivity index (χ1) is 10.6. The van der Waals surface area contributed by atoms with Crippen molar-refractivity contribution in [1.82, 2.24) is 0 Å². The second-order valence-electron chi connectivity index (χ2n) is 4.68. The van der Waals surface area contributed by atoms with E-state index >= 15 is 0 Å². The molecule has 0 radical (unpaired) electrons. The summed E-state index contributed by atoms with van der Waals surface area (Å²) >= 11 is 11.6. The Hall–Kier alpha value is -1.32. The molecular weight excluding hydrogens is 383 g/mol. The number of sulfonamides is 2. The molecule has 2 rings (SSSR count). The Bertz CT molecular complexity index is 944. The summed E-state index contributed by atoms with van der Waals surface area (Å²) in [6.45, 7) is 0. The van der Waals surface area contributed by atoms with Crippen molar-refractivity contribution in [2.24, 2.45) is 5.14 Å². The number of benzene rings is 2. The van der Waals surface area contributed by atoms with Crippen LogP contribution in [0.3, 0.4) is 0 Å². The highest BCUT2D eigenvalue weighted by Crippen LogP contribution is 2.24. The molecule has 3 N–H and O–H groups in total. The topological polar surface area (TPSA) is 106 Å². The molecular formula is C13H12Cl2N2O4S2. The zero-order valence-corrected chi connectivity index (χ0v) is 14.7. The van der Waals surface area contributed by atoms with Crippen molar-refractivity contribution < 1.29 is 16.8 Å². The highest BCUT2D eigenvalue weighted by Gasteiger charge is 2.15. The maximum Gasteiger partial charge on any atom is 0.238 e. The van der Waals surface area contributed by atoms with Crippen LogP contribution in [0.25, 0.3) is 0 Å². The SMILES string of the molecule is NS(=O)(=O)c1cccc(NS(=O)(=O)Cc2ccc(Cl)c(Cl)c2)c1. The smallest absolute Gasteiger partial charge is 0.238 e. The van der Waals surface area contributed by atoms with E-state index in [9.17, 15) is 16.8 Å². The molecule has 0 amide bonds. The van der Waals surface area contributed by atoms with Gasteiger partial charge in [-0.1, -0.05) is 35.3 Å². The van der Waals surface area contributed by atoms with Crippen LogP contribution in [0.15, 0.2) is 47.4 Å². The molecule has 0 aliphatic heterocycles. The minimum Gasteiger partial charge on any atom is -0.283 e. The molecule has 0 aromatic heterocycles. The van der Waals surface area contributed by atoms with Crippen molar-refractivity contribution in [3.05, 3.63) is 58.1 Å². The molecule has 0 bridgehead atoms. The molecule has 0 atom stereocenters. The lowest BCUT2D eigenvalue weighted by Gasteiger charge is -2.09. The summed E-state index contributed by atoms with van der Waals surface area (Å²) in [5.41, 5.74) is 0.533. The van der Waals surface area contributed by atoms with Crippen molar-refractivity contribution in [2.75, 3.05) is 4.72 Å². The van der Waals surface area contributed by atoms with Crippen LogP contribution in [0.5, 0.6) is 0 Å². The average molecular weight is 395 g/mol. The molecule has 0 aliphatic carbocycles. The fraction of sp³-hybridized carbons (Fsp3) is 0.0769. The Balaban J connectivity index is 2.23. The van der Waals surface area contributed by atoms with Crippen LogP contribution >= 0.6 is 23.2 Å². The van der Waals surface area contributed by atoms with Crippen LogP contribution in [0.4, 0.5) is 5.69 Å². The second kappa shape index (κ2) is 6.66. The normalized spacial score (nSPS) is 12.1. The Morgan fingerprint density at radius 3 is 2.26 bits per heavy atom. The van der Waals surface area contributed by atoms with Gasteiger partial charge in [0.2, 0.25) is 20.0 Å². The van der Waals surface area contributed by atoms with Gasteiger partial charge in [-0.25, -0.2) is 22.0 Å². The van der Waals surface area contributed by atoms with Gasteiger partial charge in [0, 0.05) is 5.69 Å². The minimum absolute atomic E-state index is 0.0941. The molecule has 10 heteroatoms. The molecule has 0 saturated heterocycles. The Labute approximate surface area is 144 Å². The second-order valence-corrected chi connectivity index (χ2v) is 8.78. The number of nitrogens with one attached hydrogen (secondary N) is 1. The summed E-state index contributed by atoms with van der Waals surface area (Å²) in [5, 5.41) is 5.58. The van der Waals surface area contributed by atoms with Gasteiger partial charge >= 0.3 is 0 Å². The molecule has 23 heavy (non-hydrogen) atoms. The van der Waals surface area contributed by atoms with Gasteiger partial charge in [-0.2, -0.15) is 0 Å². The van der Waals surface area contributed by atoms with E-state index in [1.807, 2.05) is 0 Å². The molecule has 0 aliphatic rings. The summed E-state index contributed by atoms with van der Waals surface area (Å²) in [5.74, 6) is -0.344. The maximum absolute atomic E-state index is 12.2. The van der Waals surface area contributed by atoms with Crippen LogP contribution in [0.2, 0.25) is 10.0 Å². The van der Waals surface area contributed by atoms with Crippen LogP contribution in [0, 0.1) is 0 Å². The van der Waals surface area contributed by atoms with E-state index in [1.54, 1.807) is 0 Å². The molecule has 0 fully saturated rings. The van der Waals surface area contributed by atoms with Gasteiger partial charge in [0.25, 0.3) is 0 Å². The number of primary sulfonamides is 1. The molecule has 0 spiro atoms. The highest BCUT2D eigenvalue weighted by molar-refractivity contribution is 7.92. The molecule has 0 heterocycles. The zero-order chi connectivity index (χ0) is 17.3. The first kappa shape index (κ1) is 18.0. The van der Waals surface area contributed by atoms with Crippen LogP contribution < -0.4 is 9.86 Å². The molecule has 6 nitrogen and oxygen atoms in total. The van der Waals surface area contributed by atoms with Crippen molar-refractivity contribution in [1.29, 1.82) is 0 Å². The van der Waals surface area contributed by atoms with E-state index in [4.69, 9.17) is 28.3 Å². The number of hydrogen-bond donors (Lipinski definition) is 2. The van der Waals surface area contributed by atoms with Gasteiger partial charge in [0.1, 0.15) is 0 Å².